The third kappa shape index (κ3) is 5.45. The van der Waals surface area contributed by atoms with Crippen LogP contribution in [0.5, 0.6) is 0 Å². The predicted molar refractivity (Wildman–Crippen MR) is 219 cm³/mol. The van der Waals surface area contributed by atoms with Gasteiger partial charge in [0.05, 0.1) is 33.6 Å². The maximum atomic E-state index is 5.44. The fourth-order valence-electron chi connectivity index (χ4n) is 7.44. The van der Waals surface area contributed by atoms with E-state index in [1.165, 1.54) is 0 Å². The number of aromatic nitrogens is 4. The van der Waals surface area contributed by atoms with Gasteiger partial charge in [0.15, 0.2) is 0 Å². The van der Waals surface area contributed by atoms with Gasteiger partial charge < -0.3 is 0 Å². The van der Waals surface area contributed by atoms with Gasteiger partial charge in [-0.3, -0.25) is 4.57 Å². The molecule has 248 valence electrons. The quantitative estimate of drug-likeness (QED) is 0.165. The van der Waals surface area contributed by atoms with Crippen molar-refractivity contribution in [1.82, 2.24) is 19.5 Å². The first-order valence-corrected chi connectivity index (χ1v) is 17.9. The third-order valence-electron chi connectivity index (χ3n) is 9.99. The molecule has 0 unspecified atom stereocenters. The van der Waals surface area contributed by atoms with E-state index in [1.807, 2.05) is 18.2 Å². The van der Waals surface area contributed by atoms with E-state index in [2.05, 4.69) is 180 Å². The number of para-hydroxylation sites is 2. The molecular formula is C49H32N4. The number of imidazole rings is 1. The number of hydrogen-bond acceptors (Lipinski definition) is 3. The second-order valence-electron chi connectivity index (χ2n) is 13.2. The summed E-state index contributed by atoms with van der Waals surface area (Å²) in [7, 11) is 0. The number of hydrogen-bond donors (Lipinski definition) is 0. The highest BCUT2D eigenvalue weighted by atomic mass is 15.1. The van der Waals surface area contributed by atoms with E-state index in [1.54, 1.807) is 0 Å². The molecular weight excluding hydrogens is 645 g/mol. The van der Waals surface area contributed by atoms with Gasteiger partial charge in [-0.2, -0.15) is 0 Å². The number of rotatable bonds is 6. The Labute approximate surface area is 307 Å². The summed E-state index contributed by atoms with van der Waals surface area (Å²) in [5, 5.41) is 3.29. The zero-order chi connectivity index (χ0) is 35.1. The summed E-state index contributed by atoms with van der Waals surface area (Å²) >= 11 is 0. The van der Waals surface area contributed by atoms with Gasteiger partial charge in [0, 0.05) is 38.7 Å². The zero-order valence-electron chi connectivity index (χ0n) is 28.8. The highest BCUT2D eigenvalue weighted by molar-refractivity contribution is 6.20. The third-order valence-corrected chi connectivity index (χ3v) is 9.99. The first-order valence-electron chi connectivity index (χ1n) is 17.9. The van der Waals surface area contributed by atoms with Crippen LogP contribution in [0.1, 0.15) is 0 Å². The lowest BCUT2D eigenvalue weighted by molar-refractivity contribution is 1.10. The molecule has 0 atom stereocenters. The van der Waals surface area contributed by atoms with Gasteiger partial charge in [0.1, 0.15) is 5.82 Å². The van der Waals surface area contributed by atoms with Gasteiger partial charge in [-0.25, -0.2) is 15.0 Å². The van der Waals surface area contributed by atoms with E-state index in [4.69, 9.17) is 15.0 Å². The molecule has 4 nitrogen and oxygen atoms in total. The molecule has 0 amide bonds. The maximum Gasteiger partial charge on any atom is 0.145 e. The molecule has 0 N–H and O–H groups in total. The minimum atomic E-state index is 0.898. The topological polar surface area (TPSA) is 43.6 Å². The molecule has 53 heavy (non-hydrogen) atoms. The smallest absolute Gasteiger partial charge is 0.145 e. The minimum Gasteiger partial charge on any atom is -0.292 e. The molecule has 0 aliphatic heterocycles. The van der Waals surface area contributed by atoms with Crippen molar-refractivity contribution in [2.45, 2.75) is 0 Å². The van der Waals surface area contributed by atoms with Crippen LogP contribution in [0.15, 0.2) is 194 Å². The summed E-state index contributed by atoms with van der Waals surface area (Å²) < 4.78 is 2.27. The molecule has 0 radical (unpaired) electrons. The average Bonchev–Trinajstić information content (AvgIpc) is 3.65. The molecule has 10 aromatic rings. The van der Waals surface area contributed by atoms with Gasteiger partial charge in [-0.15, -0.1) is 0 Å². The Kier molecular flexibility index (Phi) is 7.43. The lowest BCUT2D eigenvalue weighted by atomic mass is 9.96. The monoisotopic (exact) mass is 676 g/mol. The first-order chi connectivity index (χ1) is 26.3. The van der Waals surface area contributed by atoms with Crippen LogP contribution >= 0.6 is 0 Å². The van der Waals surface area contributed by atoms with Crippen LogP contribution in [-0.4, -0.2) is 19.5 Å². The van der Waals surface area contributed by atoms with E-state index in [9.17, 15) is 0 Å². The highest BCUT2D eigenvalue weighted by Crippen LogP contribution is 2.40. The number of benzene rings is 7. The Morgan fingerprint density at radius 1 is 0.358 bits per heavy atom. The molecule has 3 heterocycles. The van der Waals surface area contributed by atoms with Crippen LogP contribution < -0.4 is 0 Å². The van der Waals surface area contributed by atoms with Gasteiger partial charge in [0.25, 0.3) is 0 Å². The van der Waals surface area contributed by atoms with Crippen molar-refractivity contribution < 1.29 is 0 Å². The summed E-state index contributed by atoms with van der Waals surface area (Å²) in [6.07, 6.45) is 0. The van der Waals surface area contributed by atoms with Gasteiger partial charge in [-0.1, -0.05) is 158 Å². The van der Waals surface area contributed by atoms with E-state index in [0.717, 1.165) is 94.7 Å². The molecule has 0 bridgehead atoms. The maximum absolute atomic E-state index is 5.44. The van der Waals surface area contributed by atoms with Crippen molar-refractivity contribution in [1.29, 1.82) is 0 Å². The zero-order valence-corrected chi connectivity index (χ0v) is 28.8. The van der Waals surface area contributed by atoms with Crippen molar-refractivity contribution in [2.75, 3.05) is 0 Å². The van der Waals surface area contributed by atoms with Crippen molar-refractivity contribution in [3.8, 4) is 62.0 Å². The first kappa shape index (κ1) is 30.6. The molecule has 4 heteroatoms. The van der Waals surface area contributed by atoms with Crippen molar-refractivity contribution in [2.24, 2.45) is 0 Å². The Balaban J connectivity index is 1.18. The van der Waals surface area contributed by atoms with Crippen LogP contribution in [0.2, 0.25) is 0 Å². The van der Waals surface area contributed by atoms with Crippen LogP contribution in [0.25, 0.3) is 94.7 Å². The average molecular weight is 677 g/mol. The van der Waals surface area contributed by atoms with Crippen molar-refractivity contribution in [3.63, 3.8) is 0 Å². The summed E-state index contributed by atoms with van der Waals surface area (Å²) in [6.45, 7) is 0. The second-order valence-corrected chi connectivity index (χ2v) is 13.2. The molecule has 0 spiro atoms. The summed E-state index contributed by atoms with van der Waals surface area (Å²) in [5.41, 5.74) is 13.3. The molecule has 0 aliphatic rings. The second kappa shape index (κ2) is 12.9. The molecule has 3 aromatic heterocycles. The Morgan fingerprint density at radius 2 is 0.906 bits per heavy atom. The summed E-state index contributed by atoms with van der Waals surface area (Å²) in [6, 6.07) is 67.7. The van der Waals surface area contributed by atoms with Crippen LogP contribution in [0.3, 0.4) is 0 Å². The summed E-state index contributed by atoms with van der Waals surface area (Å²) in [5.74, 6) is 0.898. The Morgan fingerprint density at radius 3 is 1.55 bits per heavy atom. The molecule has 7 aromatic carbocycles. The lowest BCUT2D eigenvalue weighted by Gasteiger charge is -2.13. The van der Waals surface area contributed by atoms with E-state index in [0.29, 0.717) is 0 Å². The predicted octanol–water partition coefficient (Wildman–Crippen LogP) is 12.5. The van der Waals surface area contributed by atoms with Crippen molar-refractivity contribution >= 4 is 32.7 Å². The normalized spacial score (nSPS) is 11.4. The molecule has 10 rings (SSSR count). The van der Waals surface area contributed by atoms with Crippen LogP contribution in [-0.2, 0) is 0 Å². The van der Waals surface area contributed by atoms with Gasteiger partial charge in [0.2, 0.25) is 0 Å². The number of pyridine rings is 2. The minimum absolute atomic E-state index is 0.898. The van der Waals surface area contributed by atoms with Crippen molar-refractivity contribution in [3.05, 3.63) is 194 Å². The van der Waals surface area contributed by atoms with Crippen LogP contribution in [0.4, 0.5) is 0 Å². The van der Waals surface area contributed by atoms with Crippen LogP contribution in [0, 0.1) is 0 Å². The SMILES string of the molecule is c1ccc(-c2cc(-c3ccc(-c4nc5ccccc5c5ccc6c(nc(-c7ccccc7)n6-c6ccccc6)c45)cc3)cc(-c3ccccc3)n2)cc1. The lowest BCUT2D eigenvalue weighted by Crippen LogP contribution is -1.97. The fraction of sp³-hybridized carbons (Fsp3) is 0. The van der Waals surface area contributed by atoms with Gasteiger partial charge in [-0.05, 0) is 52.9 Å². The van der Waals surface area contributed by atoms with Gasteiger partial charge >= 0.3 is 0 Å². The molecule has 0 saturated heterocycles. The van der Waals surface area contributed by atoms with E-state index >= 15 is 0 Å². The Hall–Kier alpha value is -7.17. The standard InChI is InChI=1S/C49H32N4/c1-5-15-34(16-6-1)43-31-38(32-44(50-43)35-17-7-2-8-18-35)33-25-27-36(28-26-33)47-46-41(40-23-13-14-24-42(40)51-47)29-30-45-48(46)52-49(37-19-9-3-10-20-37)53(45)39-21-11-4-12-22-39/h1-32H. The highest BCUT2D eigenvalue weighted by Gasteiger charge is 2.21. The Bertz CT molecular complexity index is 2840. The molecule has 0 fully saturated rings. The molecule has 0 saturated carbocycles. The number of nitrogens with zero attached hydrogens (tertiary/aromatic N) is 4. The largest absolute Gasteiger partial charge is 0.292 e. The van der Waals surface area contributed by atoms with E-state index in [-0.39, 0.29) is 0 Å². The molecule has 0 aliphatic carbocycles. The summed E-state index contributed by atoms with van der Waals surface area (Å²) in [4.78, 5) is 15.9. The fourth-order valence-corrected chi connectivity index (χ4v) is 7.44. The van der Waals surface area contributed by atoms with E-state index < -0.39 is 0 Å². The number of fused-ring (bicyclic) bond motifs is 5.